The molecule has 4 nitrogen and oxygen atoms in total. The highest BCUT2D eigenvalue weighted by Crippen LogP contribution is 2.23. The fourth-order valence-electron chi connectivity index (χ4n) is 4.50. The van der Waals surface area contributed by atoms with Gasteiger partial charge in [0, 0.05) is 19.4 Å². The minimum Gasteiger partial charge on any atom is -0.494 e. The van der Waals surface area contributed by atoms with Gasteiger partial charge in [0.15, 0.2) is 0 Å². The molecule has 200 valence electrons. The number of hydrogen-bond acceptors (Lipinski definition) is 3. The summed E-state index contributed by atoms with van der Waals surface area (Å²) in [7, 11) is 0. The number of carbonyl (C=O) groups excluding carboxylic acids is 2. The standard InChI is InChI=1S/C31H53NO3/c1-25(2)10-6-11-26(3)12-7-13-27(4)14-8-15-28(5)21-23-35-30-19-17-29(18-20-30)24-32-31(34)16-9-22-33/h17-20,22,25-28H,6-16,21,23-24H2,1-5H3,(H,32,34)/t26-,27-,28?/m1/s1. The minimum absolute atomic E-state index is 0.0945. The molecule has 0 spiro atoms. The van der Waals surface area contributed by atoms with Crippen LogP contribution >= 0.6 is 0 Å². The van der Waals surface area contributed by atoms with E-state index in [4.69, 9.17) is 4.74 Å². The van der Waals surface area contributed by atoms with Crippen LogP contribution in [0.2, 0.25) is 0 Å². The summed E-state index contributed by atoms with van der Waals surface area (Å²) in [6.45, 7) is 13.1. The zero-order valence-corrected chi connectivity index (χ0v) is 23.3. The van der Waals surface area contributed by atoms with E-state index in [0.29, 0.717) is 12.5 Å². The van der Waals surface area contributed by atoms with Crippen LogP contribution < -0.4 is 10.1 Å². The molecule has 0 fully saturated rings. The van der Waals surface area contributed by atoms with Crippen molar-refractivity contribution in [2.75, 3.05) is 6.61 Å². The van der Waals surface area contributed by atoms with Crippen LogP contribution in [0, 0.1) is 23.7 Å². The number of amides is 1. The maximum absolute atomic E-state index is 11.6. The number of aldehydes is 1. The van der Waals surface area contributed by atoms with Crippen LogP contribution in [0.5, 0.6) is 5.75 Å². The average Bonchev–Trinajstić information content (AvgIpc) is 2.82. The Labute approximate surface area is 216 Å². The van der Waals surface area contributed by atoms with Gasteiger partial charge in [0.1, 0.15) is 12.0 Å². The summed E-state index contributed by atoms with van der Waals surface area (Å²) in [4.78, 5) is 21.9. The molecule has 0 heterocycles. The highest BCUT2D eigenvalue weighted by atomic mass is 16.5. The van der Waals surface area contributed by atoms with Gasteiger partial charge in [-0.1, -0.05) is 105 Å². The first kappa shape index (κ1) is 31.2. The number of carbonyl (C=O) groups is 2. The van der Waals surface area contributed by atoms with Crippen LogP contribution in [0.1, 0.15) is 117 Å². The van der Waals surface area contributed by atoms with Gasteiger partial charge in [-0.2, -0.15) is 0 Å². The van der Waals surface area contributed by atoms with E-state index in [9.17, 15) is 9.59 Å². The largest absolute Gasteiger partial charge is 0.494 e. The summed E-state index contributed by atoms with van der Waals surface area (Å²) >= 11 is 0. The summed E-state index contributed by atoms with van der Waals surface area (Å²) < 4.78 is 5.93. The van der Waals surface area contributed by atoms with E-state index in [1.54, 1.807) is 0 Å². The van der Waals surface area contributed by atoms with E-state index < -0.39 is 0 Å². The van der Waals surface area contributed by atoms with Crippen molar-refractivity contribution in [2.24, 2.45) is 23.7 Å². The Kier molecular flexibility index (Phi) is 17.3. The lowest BCUT2D eigenvalue weighted by atomic mass is 9.91. The summed E-state index contributed by atoms with van der Waals surface area (Å²) in [5.74, 6) is 4.04. The summed E-state index contributed by atoms with van der Waals surface area (Å²) in [5.41, 5.74) is 1.03. The molecule has 0 radical (unpaired) electrons. The van der Waals surface area contributed by atoms with Gasteiger partial charge < -0.3 is 14.8 Å². The molecule has 4 heteroatoms. The van der Waals surface area contributed by atoms with E-state index in [1.807, 2.05) is 24.3 Å². The molecule has 0 saturated heterocycles. The third kappa shape index (κ3) is 17.3. The lowest BCUT2D eigenvalue weighted by molar-refractivity contribution is -0.122. The van der Waals surface area contributed by atoms with Crippen LogP contribution in [-0.4, -0.2) is 18.8 Å². The van der Waals surface area contributed by atoms with Gasteiger partial charge >= 0.3 is 0 Å². The summed E-state index contributed by atoms with van der Waals surface area (Å²) in [6.07, 6.45) is 14.7. The van der Waals surface area contributed by atoms with Gasteiger partial charge in [-0.3, -0.25) is 4.79 Å². The van der Waals surface area contributed by atoms with Crippen molar-refractivity contribution < 1.29 is 14.3 Å². The zero-order valence-electron chi connectivity index (χ0n) is 23.3. The second-order valence-electron chi connectivity index (χ2n) is 11.3. The molecule has 3 atom stereocenters. The predicted molar refractivity (Wildman–Crippen MR) is 148 cm³/mol. The van der Waals surface area contributed by atoms with E-state index >= 15 is 0 Å². The predicted octanol–water partition coefficient (Wildman–Crippen LogP) is 8.13. The zero-order chi connectivity index (χ0) is 25.9. The Hall–Kier alpha value is -1.84. The number of ether oxygens (including phenoxy) is 1. The van der Waals surface area contributed by atoms with E-state index in [-0.39, 0.29) is 18.7 Å². The molecule has 0 aliphatic heterocycles. The van der Waals surface area contributed by atoms with E-state index in [1.165, 1.54) is 57.8 Å². The second-order valence-corrected chi connectivity index (χ2v) is 11.3. The number of benzene rings is 1. The van der Waals surface area contributed by atoms with Crippen molar-refractivity contribution >= 4 is 12.2 Å². The van der Waals surface area contributed by atoms with E-state index in [0.717, 1.165) is 48.4 Å². The fourth-order valence-corrected chi connectivity index (χ4v) is 4.50. The molecule has 35 heavy (non-hydrogen) atoms. The quantitative estimate of drug-likeness (QED) is 0.178. The molecule has 1 N–H and O–H groups in total. The lowest BCUT2D eigenvalue weighted by Gasteiger charge is -2.16. The molecule has 1 aromatic carbocycles. The molecule has 0 bridgehead atoms. The Morgan fingerprint density at radius 2 is 1.31 bits per heavy atom. The number of nitrogens with one attached hydrogen (secondary N) is 1. The normalized spacial score (nSPS) is 13.9. The van der Waals surface area contributed by atoms with Crippen molar-refractivity contribution in [3.8, 4) is 5.75 Å². The van der Waals surface area contributed by atoms with Crippen molar-refractivity contribution in [1.29, 1.82) is 0 Å². The molecule has 1 aromatic rings. The van der Waals surface area contributed by atoms with Crippen LogP contribution in [0.4, 0.5) is 0 Å². The van der Waals surface area contributed by atoms with Gasteiger partial charge in [-0.05, 0) is 47.8 Å². The van der Waals surface area contributed by atoms with Crippen LogP contribution in [0.3, 0.4) is 0 Å². The minimum atomic E-state index is -0.0945. The molecular weight excluding hydrogens is 434 g/mol. The molecule has 0 aliphatic rings. The van der Waals surface area contributed by atoms with Gasteiger partial charge in [-0.25, -0.2) is 0 Å². The Bertz CT molecular complexity index is 670. The first-order valence-electron chi connectivity index (χ1n) is 14.2. The third-order valence-electron chi connectivity index (χ3n) is 7.05. The van der Waals surface area contributed by atoms with Gasteiger partial charge in [0.05, 0.1) is 6.61 Å². The Morgan fingerprint density at radius 1 is 0.800 bits per heavy atom. The SMILES string of the molecule is CC(C)CCC[C@@H](C)CCC[C@@H](C)CCCC(C)CCOc1ccc(CNC(=O)CCC=O)cc1. The van der Waals surface area contributed by atoms with Crippen molar-refractivity contribution in [1.82, 2.24) is 5.32 Å². The summed E-state index contributed by atoms with van der Waals surface area (Å²) in [5, 5.41) is 2.83. The molecule has 0 aromatic heterocycles. The van der Waals surface area contributed by atoms with Gasteiger partial charge in [0.25, 0.3) is 0 Å². The van der Waals surface area contributed by atoms with Crippen molar-refractivity contribution in [2.45, 2.75) is 118 Å². The second kappa shape index (κ2) is 19.4. The van der Waals surface area contributed by atoms with E-state index in [2.05, 4.69) is 39.9 Å². The highest BCUT2D eigenvalue weighted by Gasteiger charge is 2.09. The topological polar surface area (TPSA) is 55.4 Å². The maximum Gasteiger partial charge on any atom is 0.220 e. The van der Waals surface area contributed by atoms with Crippen LogP contribution in [0.15, 0.2) is 24.3 Å². The first-order valence-corrected chi connectivity index (χ1v) is 14.2. The molecule has 0 saturated carbocycles. The summed E-state index contributed by atoms with van der Waals surface area (Å²) in [6, 6.07) is 7.88. The van der Waals surface area contributed by atoms with Gasteiger partial charge in [0.2, 0.25) is 5.91 Å². The molecular formula is C31H53NO3. The molecule has 1 rings (SSSR count). The third-order valence-corrected chi connectivity index (χ3v) is 7.05. The Morgan fingerprint density at radius 3 is 1.83 bits per heavy atom. The molecule has 1 unspecified atom stereocenters. The average molecular weight is 488 g/mol. The maximum atomic E-state index is 11.6. The lowest BCUT2D eigenvalue weighted by Crippen LogP contribution is -2.22. The first-order chi connectivity index (χ1) is 16.8. The smallest absolute Gasteiger partial charge is 0.220 e. The van der Waals surface area contributed by atoms with Crippen molar-refractivity contribution in [3.63, 3.8) is 0 Å². The van der Waals surface area contributed by atoms with Crippen LogP contribution in [-0.2, 0) is 16.1 Å². The highest BCUT2D eigenvalue weighted by molar-refractivity contribution is 5.78. The van der Waals surface area contributed by atoms with Crippen LogP contribution in [0.25, 0.3) is 0 Å². The monoisotopic (exact) mass is 487 g/mol. The van der Waals surface area contributed by atoms with Gasteiger partial charge in [-0.15, -0.1) is 0 Å². The van der Waals surface area contributed by atoms with Crippen molar-refractivity contribution in [3.05, 3.63) is 29.8 Å². The fraction of sp³-hybridized carbons (Fsp3) is 0.742. The number of hydrogen-bond donors (Lipinski definition) is 1. The molecule has 1 amide bonds. The molecule has 0 aliphatic carbocycles. The Balaban J connectivity index is 2.08. The number of rotatable bonds is 21.